The zero-order valence-electron chi connectivity index (χ0n) is 13.1. The predicted molar refractivity (Wildman–Crippen MR) is 84.6 cm³/mol. The minimum atomic E-state index is -4.50. The number of alkyl halides is 3. The Morgan fingerprint density at radius 1 is 1.42 bits per heavy atom. The molecule has 0 unspecified atom stereocenters. The number of nitrogens with zero attached hydrogens (tertiary/aromatic N) is 3. The van der Waals surface area contributed by atoms with Gasteiger partial charge in [0, 0.05) is 25.4 Å². The van der Waals surface area contributed by atoms with E-state index in [1.807, 2.05) is 6.20 Å². The maximum absolute atomic E-state index is 12.7. The molecule has 0 radical (unpaired) electrons. The van der Waals surface area contributed by atoms with Gasteiger partial charge in [0.1, 0.15) is 0 Å². The Morgan fingerprint density at radius 3 is 2.71 bits per heavy atom. The number of rotatable bonds is 5. The lowest BCUT2D eigenvalue weighted by Crippen LogP contribution is -2.29. The van der Waals surface area contributed by atoms with E-state index in [0.717, 1.165) is 23.8 Å². The van der Waals surface area contributed by atoms with Crippen molar-refractivity contribution in [2.45, 2.75) is 12.7 Å². The summed E-state index contributed by atoms with van der Waals surface area (Å²) in [4.78, 5) is 13.7. The molecule has 0 fully saturated rings. The molecule has 1 amide bonds. The Morgan fingerprint density at radius 2 is 2.12 bits per heavy atom. The highest BCUT2D eigenvalue weighted by atomic mass is 35.5. The first kappa shape index (κ1) is 18.3. The van der Waals surface area contributed by atoms with Gasteiger partial charge < -0.3 is 5.32 Å². The minimum Gasteiger partial charge on any atom is -0.324 e. The van der Waals surface area contributed by atoms with Crippen molar-refractivity contribution in [1.82, 2.24) is 14.7 Å². The van der Waals surface area contributed by atoms with Crippen LogP contribution in [-0.4, -0.2) is 34.2 Å². The molecule has 1 N–H and O–H groups in total. The molecule has 0 aliphatic rings. The summed E-state index contributed by atoms with van der Waals surface area (Å²) < 4.78 is 39.8. The molecule has 0 spiro atoms. The van der Waals surface area contributed by atoms with Gasteiger partial charge in [-0.25, -0.2) is 0 Å². The Balaban J connectivity index is 1.99. The molecule has 1 aromatic carbocycles. The van der Waals surface area contributed by atoms with E-state index in [0.29, 0.717) is 6.54 Å². The normalized spacial score (nSPS) is 11.8. The van der Waals surface area contributed by atoms with Crippen molar-refractivity contribution in [3.8, 4) is 0 Å². The van der Waals surface area contributed by atoms with Crippen molar-refractivity contribution in [1.29, 1.82) is 0 Å². The summed E-state index contributed by atoms with van der Waals surface area (Å²) in [6.07, 6.45) is -1.00. The van der Waals surface area contributed by atoms with E-state index in [1.165, 1.54) is 0 Å². The average Bonchev–Trinajstić information content (AvgIpc) is 2.84. The van der Waals surface area contributed by atoms with Crippen LogP contribution in [0, 0.1) is 0 Å². The summed E-state index contributed by atoms with van der Waals surface area (Å²) in [5, 5.41) is 6.48. The van der Waals surface area contributed by atoms with E-state index < -0.39 is 17.6 Å². The van der Waals surface area contributed by atoms with Crippen LogP contribution in [0.1, 0.15) is 11.1 Å². The maximum atomic E-state index is 12.7. The molecule has 24 heavy (non-hydrogen) atoms. The molecule has 1 aromatic heterocycles. The van der Waals surface area contributed by atoms with Crippen molar-refractivity contribution in [2.75, 3.05) is 18.9 Å². The largest absolute Gasteiger partial charge is 0.416 e. The van der Waals surface area contributed by atoms with Gasteiger partial charge in [0.2, 0.25) is 5.91 Å². The second kappa shape index (κ2) is 7.23. The van der Waals surface area contributed by atoms with Gasteiger partial charge in [-0.1, -0.05) is 11.6 Å². The third kappa shape index (κ3) is 4.97. The predicted octanol–water partition coefficient (Wildman–Crippen LogP) is 3.16. The standard InChI is InChI=1S/C15H16ClF3N4O/c1-22(7-10-6-20-23(2)8-10)9-14(24)21-13-5-11(15(17,18)19)3-4-12(13)16/h3-6,8H,7,9H2,1-2H3,(H,21,24). The van der Waals surface area contributed by atoms with E-state index in [-0.39, 0.29) is 17.3 Å². The smallest absolute Gasteiger partial charge is 0.324 e. The molecule has 130 valence electrons. The topological polar surface area (TPSA) is 50.2 Å². The number of hydrogen-bond donors (Lipinski definition) is 1. The van der Waals surface area contributed by atoms with Crippen molar-refractivity contribution in [3.63, 3.8) is 0 Å². The summed E-state index contributed by atoms with van der Waals surface area (Å²) in [7, 11) is 3.51. The first-order chi connectivity index (χ1) is 11.1. The number of carbonyl (C=O) groups is 1. The molecule has 1 heterocycles. The van der Waals surface area contributed by atoms with Gasteiger partial charge in [-0.2, -0.15) is 18.3 Å². The number of nitrogens with one attached hydrogen (secondary N) is 1. The van der Waals surface area contributed by atoms with Crippen LogP contribution in [0.3, 0.4) is 0 Å². The van der Waals surface area contributed by atoms with E-state index in [1.54, 1.807) is 29.9 Å². The average molecular weight is 361 g/mol. The number of aromatic nitrogens is 2. The van der Waals surface area contributed by atoms with E-state index in [9.17, 15) is 18.0 Å². The Kier molecular flexibility index (Phi) is 5.51. The molecule has 0 aliphatic carbocycles. The summed E-state index contributed by atoms with van der Waals surface area (Å²) in [6, 6.07) is 2.80. The zero-order valence-corrected chi connectivity index (χ0v) is 13.8. The first-order valence-electron chi connectivity index (χ1n) is 6.98. The van der Waals surface area contributed by atoms with Gasteiger partial charge in [0.05, 0.1) is 29.0 Å². The van der Waals surface area contributed by atoms with Gasteiger partial charge in [-0.3, -0.25) is 14.4 Å². The number of likely N-dealkylation sites (N-methyl/N-ethyl adjacent to an activating group) is 1. The lowest BCUT2D eigenvalue weighted by Gasteiger charge is -2.16. The summed E-state index contributed by atoms with van der Waals surface area (Å²) in [5.74, 6) is -0.456. The molecule has 5 nitrogen and oxygen atoms in total. The second-order valence-electron chi connectivity index (χ2n) is 5.44. The molecule has 2 rings (SSSR count). The number of hydrogen-bond acceptors (Lipinski definition) is 3. The zero-order chi connectivity index (χ0) is 17.9. The van der Waals surface area contributed by atoms with Gasteiger partial charge in [-0.15, -0.1) is 0 Å². The molecule has 9 heteroatoms. The molecular weight excluding hydrogens is 345 g/mol. The van der Waals surface area contributed by atoms with Crippen LogP contribution in [0.25, 0.3) is 0 Å². The third-order valence-corrected chi connectivity index (χ3v) is 3.52. The minimum absolute atomic E-state index is 0.00146. The highest BCUT2D eigenvalue weighted by Gasteiger charge is 2.31. The van der Waals surface area contributed by atoms with Crippen molar-refractivity contribution in [3.05, 3.63) is 46.7 Å². The van der Waals surface area contributed by atoms with Crippen molar-refractivity contribution >= 4 is 23.2 Å². The number of anilines is 1. The lowest BCUT2D eigenvalue weighted by molar-refractivity contribution is -0.137. The van der Waals surface area contributed by atoms with Gasteiger partial charge in [0.15, 0.2) is 0 Å². The van der Waals surface area contributed by atoms with Crippen LogP contribution >= 0.6 is 11.6 Å². The number of halogens is 4. The third-order valence-electron chi connectivity index (χ3n) is 3.19. The SMILES string of the molecule is CN(CC(=O)Nc1cc(C(F)(F)F)ccc1Cl)Cc1cnn(C)c1. The van der Waals surface area contributed by atoms with E-state index in [2.05, 4.69) is 10.4 Å². The van der Waals surface area contributed by atoms with Crippen molar-refractivity contribution in [2.24, 2.45) is 7.05 Å². The Hall–Kier alpha value is -2.06. The number of benzene rings is 1. The first-order valence-corrected chi connectivity index (χ1v) is 7.35. The maximum Gasteiger partial charge on any atom is 0.416 e. The summed E-state index contributed by atoms with van der Waals surface area (Å²) in [5.41, 5.74) is -0.0120. The van der Waals surface area contributed by atoms with Crippen LogP contribution in [0.4, 0.5) is 18.9 Å². The van der Waals surface area contributed by atoms with Crippen LogP contribution in [0.2, 0.25) is 5.02 Å². The fourth-order valence-corrected chi connectivity index (χ4v) is 2.32. The second-order valence-corrected chi connectivity index (χ2v) is 5.84. The van der Waals surface area contributed by atoms with E-state index >= 15 is 0 Å². The molecule has 0 saturated heterocycles. The lowest BCUT2D eigenvalue weighted by atomic mass is 10.2. The van der Waals surface area contributed by atoms with Crippen LogP contribution < -0.4 is 5.32 Å². The number of carbonyl (C=O) groups excluding carboxylic acids is 1. The molecule has 0 atom stereocenters. The monoisotopic (exact) mass is 360 g/mol. The molecule has 0 saturated carbocycles. The molecule has 2 aromatic rings. The summed E-state index contributed by atoms with van der Waals surface area (Å²) >= 11 is 5.85. The highest BCUT2D eigenvalue weighted by molar-refractivity contribution is 6.33. The fraction of sp³-hybridized carbons (Fsp3) is 0.333. The fourth-order valence-electron chi connectivity index (χ4n) is 2.15. The van der Waals surface area contributed by atoms with Crippen LogP contribution in [0.15, 0.2) is 30.6 Å². The number of amides is 1. The highest BCUT2D eigenvalue weighted by Crippen LogP contribution is 2.33. The van der Waals surface area contributed by atoms with E-state index in [4.69, 9.17) is 11.6 Å². The molecular formula is C15H16ClF3N4O. The molecule has 0 bridgehead atoms. The van der Waals surface area contributed by atoms with Gasteiger partial charge in [0.25, 0.3) is 0 Å². The molecule has 0 aliphatic heterocycles. The Labute approximate surface area is 142 Å². The number of aryl methyl sites for hydroxylation is 1. The van der Waals surface area contributed by atoms with Crippen LogP contribution in [0.5, 0.6) is 0 Å². The quantitative estimate of drug-likeness (QED) is 0.891. The van der Waals surface area contributed by atoms with Gasteiger partial charge in [-0.05, 0) is 25.2 Å². The Bertz CT molecular complexity index is 730. The van der Waals surface area contributed by atoms with Crippen LogP contribution in [-0.2, 0) is 24.6 Å². The van der Waals surface area contributed by atoms with Gasteiger partial charge >= 0.3 is 6.18 Å². The van der Waals surface area contributed by atoms with Crippen molar-refractivity contribution < 1.29 is 18.0 Å². The summed E-state index contributed by atoms with van der Waals surface area (Å²) in [6.45, 7) is 0.485.